The van der Waals surface area contributed by atoms with Crippen LogP contribution in [0.3, 0.4) is 0 Å². The van der Waals surface area contributed by atoms with Crippen LogP contribution in [0, 0.1) is 9.49 Å². The minimum absolute atomic E-state index is 0.205. The van der Waals surface area contributed by atoms with Crippen LogP contribution < -0.4 is 4.74 Å². The first kappa shape index (κ1) is 23.9. The summed E-state index contributed by atoms with van der Waals surface area (Å²) in [6.45, 7) is -0.814. The van der Waals surface area contributed by atoms with Gasteiger partial charge in [0.05, 0.1) is 21.3 Å². The van der Waals surface area contributed by atoms with Crippen LogP contribution in [0.25, 0.3) is 0 Å². The van der Waals surface area contributed by atoms with E-state index >= 15 is 0 Å². The first-order valence-corrected chi connectivity index (χ1v) is 12.8. The Hall–Kier alpha value is -1.26. The Bertz CT molecular complexity index is 1070. The molecule has 1 spiro atoms. The molecule has 3 heterocycles. The molecule has 2 saturated heterocycles. The molecule has 4 rings (SSSR count). The second-order valence-electron chi connectivity index (χ2n) is 7.57. The largest absolute Gasteiger partial charge is 0.743 e. The SMILES string of the molecule is O=C1OC2(CC3SC2CC3C(=O)OCCC(F)C(F)(F)S(=O)(=O)[O-])Oc2c(I)cccc21. The van der Waals surface area contributed by atoms with Crippen molar-refractivity contribution in [3.8, 4) is 5.75 Å². The molecule has 1 aromatic rings. The Labute approximate surface area is 198 Å². The predicted octanol–water partition coefficient (Wildman–Crippen LogP) is 2.84. The highest BCUT2D eigenvalue weighted by Gasteiger charge is 2.64. The minimum Gasteiger partial charge on any atom is -0.743 e. The first-order valence-electron chi connectivity index (χ1n) is 9.36. The lowest BCUT2D eigenvalue weighted by molar-refractivity contribution is -0.172. The lowest BCUT2D eigenvalue weighted by atomic mass is 9.84. The van der Waals surface area contributed by atoms with Crippen LogP contribution in [-0.4, -0.2) is 59.2 Å². The molecule has 32 heavy (non-hydrogen) atoms. The molecule has 176 valence electrons. The third-order valence-electron chi connectivity index (χ3n) is 5.58. The molecule has 1 aromatic carbocycles. The summed E-state index contributed by atoms with van der Waals surface area (Å²) in [5, 5.41) is -5.82. The number of benzene rings is 1. The van der Waals surface area contributed by atoms with Crippen LogP contribution in [0.4, 0.5) is 13.2 Å². The summed E-state index contributed by atoms with van der Waals surface area (Å²) in [6.07, 6.45) is -4.01. The summed E-state index contributed by atoms with van der Waals surface area (Å²) in [5.74, 6) is -2.76. The van der Waals surface area contributed by atoms with Gasteiger partial charge in [0.2, 0.25) is 0 Å². The van der Waals surface area contributed by atoms with Gasteiger partial charge in [-0.25, -0.2) is 17.6 Å². The van der Waals surface area contributed by atoms with Gasteiger partial charge in [0, 0.05) is 18.1 Å². The van der Waals surface area contributed by atoms with Gasteiger partial charge in [-0.05, 0) is 41.1 Å². The summed E-state index contributed by atoms with van der Waals surface area (Å²) < 4.78 is 88.5. The van der Waals surface area contributed by atoms with E-state index in [9.17, 15) is 35.7 Å². The van der Waals surface area contributed by atoms with E-state index in [4.69, 9.17) is 14.2 Å². The third-order valence-corrected chi connectivity index (χ3v) is 9.07. The van der Waals surface area contributed by atoms with E-state index in [0.29, 0.717) is 11.3 Å². The summed E-state index contributed by atoms with van der Waals surface area (Å²) in [7, 11) is -6.18. The van der Waals surface area contributed by atoms with Gasteiger partial charge in [-0.2, -0.15) is 8.78 Å². The summed E-state index contributed by atoms with van der Waals surface area (Å²) in [6, 6.07) is 5.08. The van der Waals surface area contributed by atoms with Crippen molar-refractivity contribution in [2.45, 2.75) is 47.0 Å². The third kappa shape index (κ3) is 3.96. The molecule has 0 aliphatic carbocycles. The molecule has 2 bridgehead atoms. The molecule has 0 amide bonds. The predicted molar refractivity (Wildman–Crippen MR) is 111 cm³/mol. The maximum absolute atomic E-state index is 13.5. The number of carbonyl (C=O) groups excluding carboxylic acids is 2. The maximum Gasteiger partial charge on any atom is 0.364 e. The van der Waals surface area contributed by atoms with Crippen LogP contribution >= 0.6 is 34.4 Å². The second-order valence-corrected chi connectivity index (χ2v) is 11.6. The van der Waals surface area contributed by atoms with Crippen molar-refractivity contribution >= 4 is 56.4 Å². The number of alkyl halides is 3. The van der Waals surface area contributed by atoms with Gasteiger partial charge in [-0.1, -0.05) is 6.07 Å². The van der Waals surface area contributed by atoms with Crippen LogP contribution in [-0.2, 0) is 24.4 Å². The van der Waals surface area contributed by atoms with Crippen molar-refractivity contribution in [1.82, 2.24) is 0 Å². The van der Waals surface area contributed by atoms with Gasteiger partial charge in [0.15, 0.2) is 22.0 Å². The number of fused-ring (bicyclic) bond motifs is 4. The summed E-state index contributed by atoms with van der Waals surface area (Å²) in [5.41, 5.74) is 0.309. The number of esters is 2. The van der Waals surface area contributed by atoms with E-state index in [1.165, 1.54) is 11.8 Å². The molecule has 3 aliphatic rings. The second kappa shape index (κ2) is 8.20. The van der Waals surface area contributed by atoms with E-state index in [1.807, 2.05) is 22.6 Å². The molecule has 14 heteroatoms. The normalized spacial score (nSPS) is 29.9. The fourth-order valence-corrected chi connectivity index (χ4v) is 6.89. The number of hydrogen-bond acceptors (Lipinski definition) is 9. The Morgan fingerprint density at radius 1 is 1.41 bits per heavy atom. The molecular weight excluding hydrogens is 592 g/mol. The first-order chi connectivity index (χ1) is 14.9. The number of rotatable bonds is 6. The molecule has 3 aliphatic heterocycles. The Balaban J connectivity index is 1.36. The summed E-state index contributed by atoms with van der Waals surface area (Å²) >= 11 is 3.43. The maximum atomic E-state index is 13.5. The van der Waals surface area contributed by atoms with Crippen molar-refractivity contribution < 1.29 is 49.9 Å². The van der Waals surface area contributed by atoms with Crippen LogP contribution in [0.5, 0.6) is 5.75 Å². The molecule has 0 N–H and O–H groups in total. The fraction of sp³-hybridized carbons (Fsp3) is 0.556. The number of ether oxygens (including phenoxy) is 3. The Morgan fingerprint density at radius 3 is 2.75 bits per heavy atom. The fourth-order valence-electron chi connectivity index (χ4n) is 3.97. The van der Waals surface area contributed by atoms with Crippen LogP contribution in [0.1, 0.15) is 29.6 Å². The van der Waals surface area contributed by atoms with Gasteiger partial charge in [0.1, 0.15) is 5.56 Å². The van der Waals surface area contributed by atoms with Crippen LogP contribution in [0.15, 0.2) is 18.2 Å². The van der Waals surface area contributed by atoms with Gasteiger partial charge < -0.3 is 18.8 Å². The quantitative estimate of drug-likeness (QED) is 0.273. The van der Waals surface area contributed by atoms with Crippen molar-refractivity contribution in [3.63, 3.8) is 0 Å². The van der Waals surface area contributed by atoms with Crippen molar-refractivity contribution in [2.24, 2.45) is 5.92 Å². The van der Waals surface area contributed by atoms with Crippen molar-refractivity contribution in [3.05, 3.63) is 27.3 Å². The molecular formula is C18H15F3IO8S2-. The number of carbonyl (C=O) groups is 2. The lowest BCUT2D eigenvalue weighted by Crippen LogP contribution is -2.53. The highest BCUT2D eigenvalue weighted by molar-refractivity contribution is 14.1. The van der Waals surface area contributed by atoms with Gasteiger partial charge >= 0.3 is 17.2 Å². The smallest absolute Gasteiger partial charge is 0.364 e. The van der Waals surface area contributed by atoms with E-state index in [2.05, 4.69) is 0 Å². The zero-order valence-electron chi connectivity index (χ0n) is 16.0. The van der Waals surface area contributed by atoms with Crippen molar-refractivity contribution in [1.29, 1.82) is 0 Å². The highest BCUT2D eigenvalue weighted by Crippen LogP contribution is 2.58. The summed E-state index contributed by atoms with van der Waals surface area (Å²) in [4.78, 5) is 24.9. The molecule has 5 unspecified atom stereocenters. The van der Waals surface area contributed by atoms with E-state index in [1.54, 1.807) is 18.2 Å². The molecule has 0 radical (unpaired) electrons. The zero-order valence-corrected chi connectivity index (χ0v) is 19.8. The standard InChI is InChI=1S/C18H16F3IO8S2/c19-12(18(20,21)32(25,26)27)4-5-28-15(23)9-6-13-17(7-11(9)31-13)29-14-8(16(24)30-17)2-1-3-10(14)22/h1-3,9,11-13H,4-7H2,(H,25,26,27)/p-1. The Morgan fingerprint density at radius 2 is 2.12 bits per heavy atom. The monoisotopic (exact) mass is 607 g/mol. The molecule has 2 fully saturated rings. The van der Waals surface area contributed by atoms with Gasteiger partial charge in [-0.15, -0.1) is 11.8 Å². The van der Waals surface area contributed by atoms with Crippen molar-refractivity contribution in [2.75, 3.05) is 6.61 Å². The molecule has 0 aromatic heterocycles. The minimum atomic E-state index is -6.18. The average molecular weight is 607 g/mol. The number of thioether (sulfide) groups is 1. The lowest BCUT2D eigenvalue weighted by Gasteiger charge is -2.40. The van der Waals surface area contributed by atoms with Crippen LogP contribution in [0.2, 0.25) is 0 Å². The Kier molecular flexibility index (Phi) is 6.12. The highest BCUT2D eigenvalue weighted by atomic mass is 127. The zero-order chi connectivity index (χ0) is 23.5. The average Bonchev–Trinajstić information content (AvgIpc) is 3.26. The molecule has 5 atom stereocenters. The van der Waals surface area contributed by atoms with E-state index in [0.717, 1.165) is 3.57 Å². The molecule has 8 nitrogen and oxygen atoms in total. The number of halogens is 4. The van der Waals surface area contributed by atoms with Gasteiger partial charge in [-0.3, -0.25) is 4.79 Å². The van der Waals surface area contributed by atoms with Gasteiger partial charge in [0.25, 0.3) is 5.79 Å². The van der Waals surface area contributed by atoms with E-state index in [-0.39, 0.29) is 23.3 Å². The topological polar surface area (TPSA) is 119 Å². The van der Waals surface area contributed by atoms with E-state index < -0.39 is 58.2 Å². The number of hydrogen-bond donors (Lipinski definition) is 0. The molecule has 0 saturated carbocycles. The number of para-hydroxylation sites is 1.